The Bertz CT molecular complexity index is 565. The van der Waals surface area contributed by atoms with E-state index in [1.807, 2.05) is 0 Å². The standard InChI is InChI=1S/C14H12O4/c15-12-8-4-7-11(9-12)14(18,13(16)17)10-5-2-1-3-6-10/h1-9,15,18H,(H,16,17)/t14-/m0/s1. The lowest BCUT2D eigenvalue weighted by Gasteiger charge is -2.24. The van der Waals surface area contributed by atoms with E-state index in [0.717, 1.165) is 0 Å². The Morgan fingerprint density at radius 3 is 2.11 bits per heavy atom. The second-order valence-corrected chi connectivity index (χ2v) is 3.93. The Morgan fingerprint density at radius 1 is 0.944 bits per heavy atom. The quantitative estimate of drug-likeness (QED) is 0.768. The maximum absolute atomic E-state index is 11.4. The number of aromatic hydroxyl groups is 1. The lowest BCUT2D eigenvalue weighted by Crippen LogP contribution is -2.36. The van der Waals surface area contributed by atoms with Gasteiger partial charge in [0.2, 0.25) is 5.60 Å². The SMILES string of the molecule is O=C(O)[C@](O)(c1ccccc1)c1cccc(O)c1. The van der Waals surface area contributed by atoms with Gasteiger partial charge >= 0.3 is 5.97 Å². The molecule has 4 nitrogen and oxygen atoms in total. The number of benzene rings is 2. The molecule has 0 radical (unpaired) electrons. The van der Waals surface area contributed by atoms with Crippen LogP contribution in [-0.4, -0.2) is 21.3 Å². The van der Waals surface area contributed by atoms with Gasteiger partial charge in [0.05, 0.1) is 0 Å². The van der Waals surface area contributed by atoms with Gasteiger partial charge in [-0.3, -0.25) is 0 Å². The molecule has 2 aromatic rings. The number of phenolic OH excluding ortho intramolecular Hbond substituents is 1. The monoisotopic (exact) mass is 244 g/mol. The summed E-state index contributed by atoms with van der Waals surface area (Å²) in [5.41, 5.74) is -1.82. The Kier molecular flexibility index (Phi) is 3.04. The van der Waals surface area contributed by atoms with Crippen LogP contribution >= 0.6 is 0 Å². The highest BCUT2D eigenvalue weighted by atomic mass is 16.4. The predicted molar refractivity (Wildman–Crippen MR) is 65.2 cm³/mol. The highest BCUT2D eigenvalue weighted by molar-refractivity contribution is 5.83. The summed E-state index contributed by atoms with van der Waals surface area (Å²) in [5, 5.41) is 29.1. The molecule has 0 saturated heterocycles. The summed E-state index contributed by atoms with van der Waals surface area (Å²) in [6.07, 6.45) is 0. The molecule has 0 aliphatic heterocycles. The summed E-state index contributed by atoms with van der Waals surface area (Å²) < 4.78 is 0. The van der Waals surface area contributed by atoms with Crippen molar-refractivity contribution >= 4 is 5.97 Å². The van der Waals surface area contributed by atoms with E-state index in [4.69, 9.17) is 0 Å². The van der Waals surface area contributed by atoms with Crippen LogP contribution in [0, 0.1) is 0 Å². The number of hydrogen-bond donors (Lipinski definition) is 3. The number of carboxylic acids is 1. The summed E-state index contributed by atoms with van der Waals surface area (Å²) in [6, 6.07) is 13.7. The van der Waals surface area contributed by atoms with E-state index in [2.05, 4.69) is 0 Å². The summed E-state index contributed by atoms with van der Waals surface area (Å²) in [7, 11) is 0. The molecule has 0 aliphatic carbocycles. The van der Waals surface area contributed by atoms with E-state index in [1.165, 1.54) is 36.4 Å². The molecular weight excluding hydrogens is 232 g/mol. The Balaban J connectivity index is 2.62. The first-order valence-corrected chi connectivity index (χ1v) is 5.36. The number of carbonyl (C=O) groups is 1. The van der Waals surface area contributed by atoms with Gasteiger partial charge < -0.3 is 15.3 Å². The van der Waals surface area contributed by atoms with E-state index in [1.54, 1.807) is 18.2 Å². The average molecular weight is 244 g/mol. The van der Waals surface area contributed by atoms with E-state index in [-0.39, 0.29) is 16.9 Å². The van der Waals surface area contributed by atoms with Crippen LogP contribution in [0.2, 0.25) is 0 Å². The maximum Gasteiger partial charge on any atom is 0.345 e. The van der Waals surface area contributed by atoms with Gasteiger partial charge in [-0.25, -0.2) is 4.79 Å². The molecule has 92 valence electrons. The van der Waals surface area contributed by atoms with Gasteiger partial charge in [0, 0.05) is 5.56 Å². The molecule has 2 aromatic carbocycles. The van der Waals surface area contributed by atoms with E-state index in [9.17, 15) is 20.1 Å². The van der Waals surface area contributed by atoms with Crippen LogP contribution in [0.25, 0.3) is 0 Å². The summed E-state index contributed by atoms with van der Waals surface area (Å²) in [5.74, 6) is -1.48. The Hall–Kier alpha value is -2.33. The molecule has 2 rings (SSSR count). The van der Waals surface area contributed by atoms with Gasteiger partial charge in [-0.05, 0) is 17.7 Å². The third-order valence-electron chi connectivity index (χ3n) is 2.77. The zero-order chi connectivity index (χ0) is 13.2. The molecule has 0 fully saturated rings. The van der Waals surface area contributed by atoms with Crippen molar-refractivity contribution in [1.29, 1.82) is 0 Å². The molecule has 0 aromatic heterocycles. The zero-order valence-corrected chi connectivity index (χ0v) is 9.45. The minimum atomic E-state index is -2.17. The van der Waals surface area contributed by atoms with Crippen molar-refractivity contribution in [3.63, 3.8) is 0 Å². The molecule has 0 unspecified atom stereocenters. The number of phenols is 1. The van der Waals surface area contributed by atoms with Crippen molar-refractivity contribution in [2.24, 2.45) is 0 Å². The normalized spacial score (nSPS) is 13.8. The lowest BCUT2D eigenvalue weighted by molar-refractivity contribution is -0.155. The number of hydrogen-bond acceptors (Lipinski definition) is 3. The average Bonchev–Trinajstić information content (AvgIpc) is 2.38. The smallest absolute Gasteiger partial charge is 0.345 e. The Labute approximate surface area is 104 Å². The van der Waals surface area contributed by atoms with Crippen LogP contribution in [0.3, 0.4) is 0 Å². The van der Waals surface area contributed by atoms with Crippen molar-refractivity contribution in [3.8, 4) is 5.75 Å². The molecule has 4 heteroatoms. The summed E-state index contributed by atoms with van der Waals surface area (Å²) in [6.45, 7) is 0. The van der Waals surface area contributed by atoms with E-state index >= 15 is 0 Å². The fourth-order valence-corrected chi connectivity index (χ4v) is 1.82. The van der Waals surface area contributed by atoms with Gasteiger partial charge in [0.1, 0.15) is 5.75 Å². The van der Waals surface area contributed by atoms with Crippen LogP contribution in [-0.2, 0) is 10.4 Å². The second-order valence-electron chi connectivity index (χ2n) is 3.93. The van der Waals surface area contributed by atoms with Crippen molar-refractivity contribution in [1.82, 2.24) is 0 Å². The molecule has 0 heterocycles. The summed E-state index contributed by atoms with van der Waals surface area (Å²) >= 11 is 0. The minimum absolute atomic E-state index is 0.0943. The molecule has 3 N–H and O–H groups in total. The van der Waals surface area contributed by atoms with Gasteiger partial charge in [-0.1, -0.05) is 42.5 Å². The first-order valence-electron chi connectivity index (χ1n) is 5.36. The largest absolute Gasteiger partial charge is 0.508 e. The number of carboxylic acid groups (broad SMARTS) is 1. The van der Waals surface area contributed by atoms with Crippen molar-refractivity contribution in [2.45, 2.75) is 5.60 Å². The van der Waals surface area contributed by atoms with Gasteiger partial charge in [-0.15, -0.1) is 0 Å². The topological polar surface area (TPSA) is 77.8 Å². The number of aliphatic carboxylic acids is 1. The molecule has 0 bridgehead atoms. The molecule has 18 heavy (non-hydrogen) atoms. The van der Waals surface area contributed by atoms with Crippen molar-refractivity contribution in [2.75, 3.05) is 0 Å². The minimum Gasteiger partial charge on any atom is -0.508 e. The molecule has 0 spiro atoms. The van der Waals surface area contributed by atoms with Gasteiger partial charge in [0.25, 0.3) is 0 Å². The Morgan fingerprint density at radius 2 is 1.56 bits per heavy atom. The fraction of sp³-hybridized carbons (Fsp3) is 0.0714. The molecular formula is C14H12O4. The van der Waals surface area contributed by atoms with Crippen LogP contribution in [0.1, 0.15) is 11.1 Å². The van der Waals surface area contributed by atoms with Crippen LogP contribution in [0.5, 0.6) is 5.75 Å². The second kappa shape index (κ2) is 4.50. The summed E-state index contributed by atoms with van der Waals surface area (Å²) in [4.78, 5) is 11.4. The lowest BCUT2D eigenvalue weighted by atomic mass is 9.86. The first-order chi connectivity index (χ1) is 8.55. The molecule has 0 saturated carbocycles. The highest BCUT2D eigenvalue weighted by Crippen LogP contribution is 2.31. The zero-order valence-electron chi connectivity index (χ0n) is 9.45. The van der Waals surface area contributed by atoms with Crippen molar-refractivity contribution in [3.05, 3.63) is 65.7 Å². The number of aliphatic hydroxyl groups is 1. The highest BCUT2D eigenvalue weighted by Gasteiger charge is 2.40. The molecule has 0 aliphatic rings. The van der Waals surface area contributed by atoms with E-state index < -0.39 is 11.6 Å². The van der Waals surface area contributed by atoms with Gasteiger partial charge in [0.15, 0.2) is 0 Å². The molecule has 1 atom stereocenters. The first kappa shape index (κ1) is 12.1. The predicted octanol–water partition coefficient (Wildman–Crippen LogP) is 1.71. The van der Waals surface area contributed by atoms with E-state index in [0.29, 0.717) is 0 Å². The third kappa shape index (κ3) is 1.94. The van der Waals surface area contributed by atoms with Crippen LogP contribution in [0.4, 0.5) is 0 Å². The third-order valence-corrected chi connectivity index (χ3v) is 2.77. The fourth-order valence-electron chi connectivity index (χ4n) is 1.82. The molecule has 0 amide bonds. The van der Waals surface area contributed by atoms with Crippen molar-refractivity contribution < 1.29 is 20.1 Å². The van der Waals surface area contributed by atoms with Crippen LogP contribution in [0.15, 0.2) is 54.6 Å². The van der Waals surface area contributed by atoms with Gasteiger partial charge in [-0.2, -0.15) is 0 Å². The maximum atomic E-state index is 11.4. The van der Waals surface area contributed by atoms with Crippen LogP contribution < -0.4 is 0 Å². The number of rotatable bonds is 3.